The predicted molar refractivity (Wildman–Crippen MR) is 156 cm³/mol. The molecule has 38 heavy (non-hydrogen) atoms. The number of nitrogens with one attached hydrogen (secondary N) is 2. The predicted octanol–water partition coefficient (Wildman–Crippen LogP) is 5.82. The second-order valence-corrected chi connectivity index (χ2v) is 11.6. The highest BCUT2D eigenvalue weighted by Gasteiger charge is 2.33. The molecule has 2 heterocycles. The van der Waals surface area contributed by atoms with Gasteiger partial charge >= 0.3 is 0 Å². The number of anilines is 2. The molecule has 2 aromatic carbocycles. The number of hydrogen-bond acceptors (Lipinski definition) is 3. The molecule has 2 aliphatic heterocycles. The Kier molecular flexibility index (Phi) is 9.97. The van der Waals surface area contributed by atoms with Gasteiger partial charge in [0.05, 0.1) is 25.7 Å². The number of likely N-dealkylation sites (tertiary alicyclic amines) is 2. The molecule has 0 spiro atoms. The van der Waals surface area contributed by atoms with Gasteiger partial charge in [-0.05, 0) is 102 Å². The van der Waals surface area contributed by atoms with E-state index in [0.717, 1.165) is 97.4 Å². The number of unbranched alkanes of at least 4 members (excludes halogenated alkanes) is 1. The molecule has 0 saturated carbocycles. The number of carbonyl (C=O) groups is 2. The molecule has 6 nitrogen and oxygen atoms in total. The van der Waals surface area contributed by atoms with Crippen molar-refractivity contribution in [1.29, 1.82) is 0 Å². The van der Waals surface area contributed by atoms with Crippen molar-refractivity contribution in [2.75, 3.05) is 49.9 Å². The van der Waals surface area contributed by atoms with E-state index in [1.807, 2.05) is 37.3 Å². The normalized spacial score (nSPS) is 19.6. The lowest BCUT2D eigenvalue weighted by molar-refractivity contribution is -0.925. The Bertz CT molecular complexity index is 1070. The number of amides is 2. The summed E-state index contributed by atoms with van der Waals surface area (Å²) in [6.07, 6.45) is 9.00. The minimum absolute atomic E-state index is 0.0548. The lowest BCUT2D eigenvalue weighted by Crippen LogP contribution is -2.55. The van der Waals surface area contributed by atoms with Crippen molar-refractivity contribution in [2.24, 2.45) is 0 Å². The van der Waals surface area contributed by atoms with Crippen LogP contribution in [0.25, 0.3) is 0 Å². The molecule has 2 saturated heterocycles. The topological polar surface area (TPSA) is 61.4 Å². The average molecular weight is 520 g/mol. The molecule has 0 bridgehead atoms. The lowest BCUT2D eigenvalue weighted by Gasteiger charge is -2.41. The van der Waals surface area contributed by atoms with Gasteiger partial charge in [-0.1, -0.05) is 42.8 Å². The Morgan fingerprint density at radius 1 is 0.842 bits per heavy atom. The van der Waals surface area contributed by atoms with Crippen LogP contribution in [0.4, 0.5) is 11.4 Å². The molecular weight excluding hydrogens is 472 g/mol. The van der Waals surface area contributed by atoms with Gasteiger partial charge in [-0.25, -0.2) is 0 Å². The Labute approximate surface area is 229 Å². The van der Waals surface area contributed by atoms with Crippen LogP contribution in [-0.4, -0.2) is 66.5 Å². The summed E-state index contributed by atoms with van der Waals surface area (Å²) in [6, 6.07) is 14.1. The van der Waals surface area contributed by atoms with Crippen LogP contribution in [0, 0.1) is 20.8 Å². The number of para-hydroxylation sites is 2. The van der Waals surface area contributed by atoms with Crippen LogP contribution in [-0.2, 0) is 9.59 Å². The minimum atomic E-state index is -0.0548. The summed E-state index contributed by atoms with van der Waals surface area (Å²) >= 11 is 0. The van der Waals surface area contributed by atoms with Crippen LogP contribution in [0.5, 0.6) is 0 Å². The molecule has 2 N–H and O–H groups in total. The number of piperidine rings is 2. The third-order valence-corrected chi connectivity index (χ3v) is 8.64. The summed E-state index contributed by atoms with van der Waals surface area (Å²) < 4.78 is 0.897. The Morgan fingerprint density at radius 2 is 1.55 bits per heavy atom. The van der Waals surface area contributed by atoms with Crippen molar-refractivity contribution in [3.63, 3.8) is 0 Å². The van der Waals surface area contributed by atoms with E-state index < -0.39 is 0 Å². The maximum absolute atomic E-state index is 13.3. The highest BCUT2D eigenvalue weighted by molar-refractivity contribution is 5.96. The Balaban J connectivity index is 1.30. The van der Waals surface area contributed by atoms with Crippen LogP contribution < -0.4 is 10.6 Å². The summed E-state index contributed by atoms with van der Waals surface area (Å²) in [7, 11) is 0. The van der Waals surface area contributed by atoms with E-state index in [4.69, 9.17) is 0 Å². The van der Waals surface area contributed by atoms with E-state index >= 15 is 0 Å². The van der Waals surface area contributed by atoms with E-state index in [-0.39, 0.29) is 17.9 Å². The second kappa shape index (κ2) is 13.4. The molecule has 1 unspecified atom stereocenters. The monoisotopic (exact) mass is 519 g/mol. The van der Waals surface area contributed by atoms with Crippen LogP contribution in [0.2, 0.25) is 0 Å². The summed E-state index contributed by atoms with van der Waals surface area (Å²) in [4.78, 5) is 28.8. The smallest absolute Gasteiger partial charge is 0.279 e. The average Bonchev–Trinajstić information content (AvgIpc) is 2.91. The number of benzene rings is 2. The maximum Gasteiger partial charge on any atom is 0.279 e. The van der Waals surface area contributed by atoms with Gasteiger partial charge in [-0.3, -0.25) is 14.5 Å². The molecule has 4 rings (SSSR count). The Morgan fingerprint density at radius 3 is 2.29 bits per heavy atom. The molecule has 2 aromatic rings. The molecule has 1 atom stereocenters. The molecule has 206 valence electrons. The molecule has 2 fully saturated rings. The second-order valence-electron chi connectivity index (χ2n) is 11.6. The number of quaternary nitrogens is 1. The van der Waals surface area contributed by atoms with Crippen LogP contribution >= 0.6 is 0 Å². The molecular formula is C32H47N4O2+. The first-order valence-electron chi connectivity index (χ1n) is 14.7. The van der Waals surface area contributed by atoms with Crippen molar-refractivity contribution < 1.29 is 14.1 Å². The first kappa shape index (κ1) is 28.3. The SMILES string of the molecule is Cc1ccccc1NC(=O)C[N+]1(CCCCN2CCCCC2C(=O)Nc2c(C)cccc2C)CCCCC1. The molecule has 2 amide bonds. The van der Waals surface area contributed by atoms with Gasteiger partial charge in [0.2, 0.25) is 5.91 Å². The minimum Gasteiger partial charge on any atom is -0.324 e. The van der Waals surface area contributed by atoms with Gasteiger partial charge in [0.15, 0.2) is 6.54 Å². The van der Waals surface area contributed by atoms with Crippen LogP contribution in [0.15, 0.2) is 42.5 Å². The lowest BCUT2D eigenvalue weighted by atomic mass is 10.00. The molecule has 6 heteroatoms. The van der Waals surface area contributed by atoms with E-state index in [1.165, 1.54) is 19.3 Å². The van der Waals surface area contributed by atoms with Gasteiger partial charge in [0.25, 0.3) is 5.91 Å². The summed E-state index contributed by atoms with van der Waals surface area (Å²) in [5.74, 6) is 0.259. The van der Waals surface area contributed by atoms with Crippen molar-refractivity contribution in [3.05, 3.63) is 59.2 Å². The van der Waals surface area contributed by atoms with E-state index in [0.29, 0.717) is 6.54 Å². The third-order valence-electron chi connectivity index (χ3n) is 8.64. The fourth-order valence-corrected chi connectivity index (χ4v) is 6.39. The number of rotatable bonds is 10. The van der Waals surface area contributed by atoms with Crippen molar-refractivity contribution in [1.82, 2.24) is 4.90 Å². The fourth-order valence-electron chi connectivity index (χ4n) is 6.39. The zero-order valence-corrected chi connectivity index (χ0v) is 23.7. The largest absolute Gasteiger partial charge is 0.324 e. The highest BCUT2D eigenvalue weighted by Crippen LogP contribution is 2.25. The number of nitrogens with zero attached hydrogens (tertiary/aromatic N) is 2. The molecule has 0 aromatic heterocycles. The quantitative estimate of drug-likeness (QED) is 0.307. The van der Waals surface area contributed by atoms with Crippen LogP contribution in [0.3, 0.4) is 0 Å². The zero-order chi connectivity index (χ0) is 27.0. The van der Waals surface area contributed by atoms with Crippen molar-refractivity contribution >= 4 is 23.2 Å². The van der Waals surface area contributed by atoms with Crippen molar-refractivity contribution in [3.8, 4) is 0 Å². The number of carbonyl (C=O) groups excluding carboxylic acids is 2. The van der Waals surface area contributed by atoms with Gasteiger partial charge in [0.1, 0.15) is 0 Å². The standard InChI is InChI=1S/C32H46N4O2/c1-25-14-5-6-17-28(25)33-30(37)24-36(21-10-4-11-22-36)23-12-9-20-35-19-8-7-18-29(35)32(38)34-31-26(2)15-13-16-27(31)3/h5-6,13-17,29H,4,7-12,18-24H2,1-3H3,(H-,33,34,37,38)/p+1. The Hall–Kier alpha value is -2.70. The van der Waals surface area contributed by atoms with Gasteiger partial charge in [0, 0.05) is 11.4 Å². The van der Waals surface area contributed by atoms with Gasteiger partial charge in [-0.15, -0.1) is 0 Å². The number of aryl methyl sites for hydroxylation is 3. The summed E-state index contributed by atoms with van der Waals surface area (Å²) in [6.45, 7) is 11.9. The van der Waals surface area contributed by atoms with E-state index in [2.05, 4.69) is 41.5 Å². The number of hydrogen-bond donors (Lipinski definition) is 2. The van der Waals surface area contributed by atoms with Gasteiger partial charge in [-0.2, -0.15) is 0 Å². The van der Waals surface area contributed by atoms with E-state index in [1.54, 1.807) is 0 Å². The van der Waals surface area contributed by atoms with Crippen LogP contribution in [0.1, 0.15) is 68.1 Å². The zero-order valence-electron chi connectivity index (χ0n) is 23.7. The highest BCUT2D eigenvalue weighted by atomic mass is 16.2. The third kappa shape index (κ3) is 7.45. The molecule has 0 radical (unpaired) electrons. The first-order valence-corrected chi connectivity index (χ1v) is 14.7. The summed E-state index contributed by atoms with van der Waals surface area (Å²) in [5.41, 5.74) is 5.21. The molecule has 0 aliphatic carbocycles. The summed E-state index contributed by atoms with van der Waals surface area (Å²) in [5, 5.41) is 6.41. The maximum atomic E-state index is 13.3. The van der Waals surface area contributed by atoms with E-state index in [9.17, 15) is 9.59 Å². The fraction of sp³-hybridized carbons (Fsp3) is 0.562. The first-order chi connectivity index (χ1) is 18.4. The molecule has 2 aliphatic rings. The van der Waals surface area contributed by atoms with Crippen molar-refractivity contribution in [2.45, 2.75) is 78.2 Å². The van der Waals surface area contributed by atoms with Gasteiger partial charge < -0.3 is 15.1 Å².